The van der Waals surface area contributed by atoms with E-state index in [0.717, 1.165) is 12.0 Å². The molecule has 0 atom stereocenters. The molecule has 0 fully saturated rings. The second-order valence-corrected chi connectivity index (χ2v) is 1.99. The highest BCUT2D eigenvalue weighted by Gasteiger charge is 1.85. The van der Waals surface area contributed by atoms with Crippen molar-refractivity contribution in [2.24, 2.45) is 0 Å². The van der Waals surface area contributed by atoms with Crippen molar-refractivity contribution < 1.29 is 0 Å². The molecule has 1 nitrogen and oxygen atoms in total. The molecule has 1 radical (unpaired) electrons. The number of hydrogen-bond acceptors (Lipinski definition) is 1. The highest BCUT2D eigenvalue weighted by Crippen LogP contribution is 2.03. The Morgan fingerprint density at radius 2 is 1.78 bits per heavy atom. The molecule has 1 aromatic rings. The predicted molar refractivity (Wildman–Crippen MR) is 41.7 cm³/mol. The smallest absolute Gasteiger partial charge is 0.0925 e. The van der Waals surface area contributed by atoms with Crippen molar-refractivity contribution in [3.8, 4) is 0 Å². The quantitative estimate of drug-likeness (QED) is 0.425. The predicted octanol–water partition coefficient (Wildman–Crippen LogP) is 0.670. The van der Waals surface area contributed by atoms with Crippen LogP contribution in [0.3, 0.4) is 0 Å². The van der Waals surface area contributed by atoms with Crippen LogP contribution in [-0.2, 0) is 6.32 Å². The van der Waals surface area contributed by atoms with Gasteiger partial charge in [0.25, 0.3) is 0 Å². The Kier molecular flexibility index (Phi) is 1.78. The molecule has 0 spiro atoms. The maximum absolute atomic E-state index is 5.46. The summed E-state index contributed by atoms with van der Waals surface area (Å²) in [6, 6.07) is 7.76. The lowest BCUT2D eigenvalue weighted by Crippen LogP contribution is -1.86. The second-order valence-electron chi connectivity index (χ2n) is 1.99. The zero-order chi connectivity index (χ0) is 6.69. The molecule has 0 aliphatic carbocycles. The molecule has 45 valence electrons. The number of anilines is 1. The summed E-state index contributed by atoms with van der Waals surface area (Å²) in [5, 5.41) is 0. The van der Waals surface area contributed by atoms with Crippen molar-refractivity contribution in [2.45, 2.75) is 6.32 Å². The zero-order valence-corrected chi connectivity index (χ0v) is 5.30. The summed E-state index contributed by atoms with van der Waals surface area (Å²) in [4.78, 5) is 0. The highest BCUT2D eigenvalue weighted by atomic mass is 14.5. The van der Waals surface area contributed by atoms with E-state index in [2.05, 4.69) is 7.85 Å². The molecular formula is C7H9BN. The molecule has 0 saturated heterocycles. The molecule has 0 bridgehead atoms. The van der Waals surface area contributed by atoms with E-state index in [0.29, 0.717) is 0 Å². The fraction of sp³-hybridized carbons (Fsp3) is 0.143. The Hall–Kier alpha value is -0.915. The third-order valence-corrected chi connectivity index (χ3v) is 1.27. The Morgan fingerprint density at radius 1 is 1.22 bits per heavy atom. The monoisotopic (exact) mass is 118 g/mol. The molecule has 0 unspecified atom stereocenters. The summed E-state index contributed by atoms with van der Waals surface area (Å²) in [6.45, 7) is 0. The summed E-state index contributed by atoms with van der Waals surface area (Å²) < 4.78 is 0. The average Bonchev–Trinajstić information content (AvgIpc) is 1.90. The van der Waals surface area contributed by atoms with Crippen molar-refractivity contribution >= 4 is 13.5 Å². The summed E-state index contributed by atoms with van der Waals surface area (Å²) in [5.74, 6) is 0. The summed E-state index contributed by atoms with van der Waals surface area (Å²) in [5.41, 5.74) is 7.50. The van der Waals surface area contributed by atoms with E-state index < -0.39 is 0 Å². The van der Waals surface area contributed by atoms with Crippen molar-refractivity contribution in [2.75, 3.05) is 5.73 Å². The van der Waals surface area contributed by atoms with Gasteiger partial charge < -0.3 is 5.73 Å². The van der Waals surface area contributed by atoms with Crippen LogP contribution in [0.1, 0.15) is 5.56 Å². The minimum Gasteiger partial charge on any atom is -0.399 e. The van der Waals surface area contributed by atoms with Crippen LogP contribution in [0.25, 0.3) is 0 Å². The molecule has 0 heterocycles. The largest absolute Gasteiger partial charge is 0.399 e. The molecule has 2 heteroatoms. The van der Waals surface area contributed by atoms with Gasteiger partial charge in [-0.3, -0.25) is 0 Å². The lowest BCUT2D eigenvalue weighted by Gasteiger charge is -1.94. The molecule has 0 saturated carbocycles. The van der Waals surface area contributed by atoms with Crippen LogP contribution in [0.5, 0.6) is 0 Å². The van der Waals surface area contributed by atoms with Crippen molar-refractivity contribution in [1.82, 2.24) is 0 Å². The topological polar surface area (TPSA) is 26.0 Å². The number of hydrogen-bond donors (Lipinski definition) is 1. The van der Waals surface area contributed by atoms with Crippen LogP contribution in [0.4, 0.5) is 5.69 Å². The van der Waals surface area contributed by atoms with E-state index in [4.69, 9.17) is 5.73 Å². The average molecular weight is 118 g/mol. The van der Waals surface area contributed by atoms with Crippen LogP contribution in [0.2, 0.25) is 0 Å². The number of nitrogens with two attached hydrogens (primary N) is 1. The molecule has 2 N–H and O–H groups in total. The van der Waals surface area contributed by atoms with E-state index in [1.807, 2.05) is 24.3 Å². The van der Waals surface area contributed by atoms with Gasteiger partial charge in [0.1, 0.15) is 0 Å². The van der Waals surface area contributed by atoms with Gasteiger partial charge in [0.2, 0.25) is 0 Å². The Labute approximate surface area is 56.3 Å². The standard InChI is InChI=1S/C7H9BN/c8-5-6-1-3-7(9)4-2-6/h1-4,8H,5,9H2. The molecule has 0 amide bonds. The van der Waals surface area contributed by atoms with Gasteiger partial charge >= 0.3 is 0 Å². The van der Waals surface area contributed by atoms with Gasteiger partial charge in [0.15, 0.2) is 0 Å². The van der Waals surface area contributed by atoms with Crippen molar-refractivity contribution in [3.63, 3.8) is 0 Å². The molecule has 0 aliphatic heterocycles. The van der Waals surface area contributed by atoms with Crippen LogP contribution in [0.15, 0.2) is 24.3 Å². The van der Waals surface area contributed by atoms with E-state index in [1.54, 1.807) is 0 Å². The minimum atomic E-state index is 0.812. The van der Waals surface area contributed by atoms with Crippen molar-refractivity contribution in [3.05, 3.63) is 29.8 Å². The van der Waals surface area contributed by atoms with Crippen LogP contribution >= 0.6 is 0 Å². The van der Waals surface area contributed by atoms with E-state index in [9.17, 15) is 0 Å². The molecule has 0 aromatic heterocycles. The zero-order valence-electron chi connectivity index (χ0n) is 5.30. The molecule has 9 heavy (non-hydrogen) atoms. The first-order valence-corrected chi connectivity index (χ1v) is 2.96. The summed E-state index contributed by atoms with van der Waals surface area (Å²) >= 11 is 0. The van der Waals surface area contributed by atoms with Crippen LogP contribution in [0, 0.1) is 0 Å². The lowest BCUT2D eigenvalue weighted by atomic mass is 9.97. The Balaban J connectivity index is 2.88. The SMILES string of the molecule is [BH]Cc1ccc(N)cc1. The first kappa shape index (κ1) is 6.21. The van der Waals surface area contributed by atoms with Gasteiger partial charge in [-0.2, -0.15) is 0 Å². The number of benzene rings is 1. The summed E-state index contributed by atoms with van der Waals surface area (Å²) in [6.07, 6.45) is 0.834. The van der Waals surface area contributed by atoms with Gasteiger partial charge in [-0.1, -0.05) is 24.0 Å². The number of nitrogen functional groups attached to an aromatic ring is 1. The van der Waals surface area contributed by atoms with Crippen LogP contribution in [-0.4, -0.2) is 7.85 Å². The second kappa shape index (κ2) is 2.58. The van der Waals surface area contributed by atoms with Gasteiger partial charge in [0, 0.05) is 5.69 Å². The lowest BCUT2D eigenvalue weighted by molar-refractivity contribution is 1.40. The van der Waals surface area contributed by atoms with Gasteiger partial charge in [-0.05, 0) is 12.1 Å². The van der Waals surface area contributed by atoms with E-state index in [1.165, 1.54) is 5.56 Å². The fourth-order valence-electron chi connectivity index (χ4n) is 0.684. The number of rotatable bonds is 1. The molecule has 0 aliphatic rings. The first-order chi connectivity index (χ1) is 4.33. The van der Waals surface area contributed by atoms with Crippen molar-refractivity contribution in [1.29, 1.82) is 0 Å². The fourth-order valence-corrected chi connectivity index (χ4v) is 0.684. The van der Waals surface area contributed by atoms with Gasteiger partial charge in [-0.15, -0.1) is 0 Å². The third-order valence-electron chi connectivity index (χ3n) is 1.27. The maximum Gasteiger partial charge on any atom is 0.0925 e. The molecular weight excluding hydrogens is 109 g/mol. The maximum atomic E-state index is 5.46. The normalized spacial score (nSPS) is 9.33. The highest BCUT2D eigenvalue weighted by molar-refractivity contribution is 6.08. The van der Waals surface area contributed by atoms with E-state index >= 15 is 0 Å². The third kappa shape index (κ3) is 1.49. The van der Waals surface area contributed by atoms with Gasteiger partial charge in [0.05, 0.1) is 7.85 Å². The molecule has 1 rings (SSSR count). The minimum absolute atomic E-state index is 0.812. The Morgan fingerprint density at radius 3 is 2.22 bits per heavy atom. The van der Waals surface area contributed by atoms with E-state index in [-0.39, 0.29) is 0 Å². The van der Waals surface area contributed by atoms with Gasteiger partial charge in [-0.25, -0.2) is 0 Å². The summed E-state index contributed by atoms with van der Waals surface area (Å²) in [7, 11) is 3.74. The Bertz CT molecular complexity index is 181. The molecule has 1 aromatic carbocycles. The first-order valence-electron chi connectivity index (χ1n) is 2.96. The van der Waals surface area contributed by atoms with Crippen LogP contribution < -0.4 is 5.73 Å².